The minimum absolute atomic E-state index is 0. The van der Waals surface area contributed by atoms with Crippen molar-refractivity contribution in [3.05, 3.63) is 29.7 Å². The molecule has 2 rings (SSSR count). The van der Waals surface area contributed by atoms with Gasteiger partial charge in [0.05, 0.1) is 12.4 Å². The number of aliphatic hydroxyl groups is 1. The van der Waals surface area contributed by atoms with Crippen molar-refractivity contribution in [3.8, 4) is 0 Å². The topological polar surface area (TPSA) is 46.5 Å². The normalized spacial score (nSPS) is 15.5. The maximum absolute atomic E-state index is 10.3. The van der Waals surface area contributed by atoms with Crippen molar-refractivity contribution in [1.82, 2.24) is 0 Å². The van der Waals surface area contributed by atoms with E-state index < -0.39 is 0 Å². The average Bonchev–Trinajstić information content (AvgIpc) is 2.62. The maximum Gasteiger partial charge on any atom is 4.00 e. The van der Waals surface area contributed by atoms with Crippen molar-refractivity contribution >= 4 is 15.3 Å². The number of halogens is 2. The molecule has 0 spiro atoms. The molecule has 82 valence electrons. The summed E-state index contributed by atoms with van der Waals surface area (Å²) in [6.45, 7) is 0.392. The van der Waals surface area contributed by atoms with Crippen molar-refractivity contribution in [2.24, 2.45) is 0 Å². The van der Waals surface area contributed by atoms with E-state index in [0.717, 1.165) is 0 Å². The molecule has 7 heteroatoms. The molecule has 0 radical (unpaired) electrons. The first-order valence-corrected chi connectivity index (χ1v) is 5.05. The molecule has 0 amide bonds. The maximum atomic E-state index is 10.3. The van der Waals surface area contributed by atoms with Gasteiger partial charge in [0.1, 0.15) is 0 Å². The largest absolute Gasteiger partial charge is 4.00 e. The summed E-state index contributed by atoms with van der Waals surface area (Å²) in [6, 6.07) is 0. The first-order chi connectivity index (χ1) is 5.77. The molecule has 0 bridgehead atoms. The van der Waals surface area contributed by atoms with Gasteiger partial charge in [-0.1, -0.05) is 0 Å². The van der Waals surface area contributed by atoms with Crippen LogP contribution in [0.1, 0.15) is 0 Å². The third-order valence-electron chi connectivity index (χ3n) is 1.44. The van der Waals surface area contributed by atoms with E-state index in [1.165, 1.54) is 10.4 Å². The summed E-state index contributed by atoms with van der Waals surface area (Å²) in [5, 5.41) is 10.5. The molecule has 2 aliphatic rings. The minimum Gasteiger partial charge on any atom is -1.00 e. The van der Waals surface area contributed by atoms with Gasteiger partial charge in [-0.05, 0) is 9.52 Å². The quantitative estimate of drug-likeness (QED) is 0.407. The van der Waals surface area contributed by atoms with Crippen LogP contribution >= 0.6 is 0 Å². The van der Waals surface area contributed by atoms with Crippen molar-refractivity contribution in [1.29, 1.82) is 0 Å². The van der Waals surface area contributed by atoms with Gasteiger partial charge in [0.2, 0.25) is 0 Å². The zero-order chi connectivity index (χ0) is 8.97. The van der Waals surface area contributed by atoms with Crippen molar-refractivity contribution < 1.29 is 61.2 Å². The van der Waals surface area contributed by atoms with E-state index in [1.54, 1.807) is 6.08 Å². The molecule has 0 aromatic heterocycles. The summed E-state index contributed by atoms with van der Waals surface area (Å²) in [6.07, 6.45) is 4.45. The fourth-order valence-corrected chi connectivity index (χ4v) is 1.85. The van der Waals surface area contributed by atoms with Gasteiger partial charge in [-0.2, -0.15) is 11.3 Å². The molecule has 0 saturated carbocycles. The van der Waals surface area contributed by atoms with Crippen molar-refractivity contribution in [2.75, 3.05) is 13.2 Å². The second kappa shape index (κ2) is 11.1. The predicted molar refractivity (Wildman–Crippen MR) is 46.8 cm³/mol. The minimum atomic E-state index is 0. The summed E-state index contributed by atoms with van der Waals surface area (Å²) in [4.78, 5) is 10.3. The number of carbonyl (C=O) groups excluding carboxylic acids is 1. The average molecular weight is 301 g/mol. The van der Waals surface area contributed by atoms with Gasteiger partial charge < -0.3 is 39.5 Å². The Kier molecular flexibility index (Phi) is 15.5. The molecule has 0 atom stereocenters. The van der Waals surface area contributed by atoms with Gasteiger partial charge in [-0.15, -0.1) is 6.08 Å². The smallest absolute Gasteiger partial charge is 1.00 e. The number of ether oxygens (including phenoxy) is 1. The Hall–Kier alpha value is 0.581. The van der Waals surface area contributed by atoms with E-state index in [1.807, 2.05) is 0 Å². The summed E-state index contributed by atoms with van der Waals surface area (Å²) >= 11 is 0. The number of hydrogen-bond acceptors (Lipinski definition) is 3. The molecule has 1 aliphatic heterocycles. The molecule has 1 heterocycles. The van der Waals surface area contributed by atoms with Crippen LogP contribution in [0.3, 0.4) is 0 Å². The Balaban J connectivity index is -0.000000168. The van der Waals surface area contributed by atoms with E-state index in [-0.39, 0.29) is 68.4 Å². The Bertz CT molecular complexity index is 234. The van der Waals surface area contributed by atoms with Crippen LogP contribution in [-0.4, -0.2) is 33.6 Å². The number of aliphatic hydroxyl groups excluding tert-OH is 1. The third kappa shape index (κ3) is 8.39. The zero-order valence-electron chi connectivity index (χ0n) is 7.93. The van der Waals surface area contributed by atoms with Crippen LogP contribution in [0, 0.1) is 13.2 Å². The van der Waals surface area contributed by atoms with Gasteiger partial charge in [-0.25, -0.2) is 12.3 Å². The molecule has 1 N–H and O–H groups in total. The Morgan fingerprint density at radius 1 is 1.53 bits per heavy atom. The van der Waals surface area contributed by atoms with E-state index in [4.69, 9.17) is 5.11 Å². The monoisotopic (exact) mass is 300 g/mol. The number of hydrogen-bond donors (Lipinski definition) is 1. The standard InChI is InChI=1S/C5H3OSi.C3H7O2.2ClH.Ti/c6-3-1-4-5(2-3)7-4;1-5-3-2-4;;;/h1H,7H2;4H,1-3H2;2*1H;/q2*-1;;;+4/p-2. The molecule has 1 aliphatic carbocycles. The number of allylic oxidation sites excluding steroid dienone is 4. The molecule has 1 fully saturated rings. The molecule has 3 nitrogen and oxygen atoms in total. The van der Waals surface area contributed by atoms with Crippen LogP contribution in [0.2, 0.25) is 0 Å². The van der Waals surface area contributed by atoms with Gasteiger partial charge in [-0.3, -0.25) is 0 Å². The summed E-state index contributed by atoms with van der Waals surface area (Å²) < 4.78 is 4.19. The van der Waals surface area contributed by atoms with Crippen LogP contribution in [0.5, 0.6) is 0 Å². The van der Waals surface area contributed by atoms with E-state index in [0.29, 0.717) is 6.61 Å². The van der Waals surface area contributed by atoms with E-state index >= 15 is 0 Å². The van der Waals surface area contributed by atoms with Crippen LogP contribution in [0.15, 0.2) is 16.5 Å². The fraction of sp³-hybridized carbons (Fsp3) is 0.250. The number of rotatable bonds is 2. The van der Waals surface area contributed by atoms with E-state index in [2.05, 4.69) is 17.9 Å². The van der Waals surface area contributed by atoms with Crippen LogP contribution < -0.4 is 24.8 Å². The number of fused-ring (bicyclic) bond motifs is 1. The predicted octanol–water partition coefficient (Wildman–Crippen LogP) is -6.89. The summed E-state index contributed by atoms with van der Waals surface area (Å²) in [7, 11) is 3.02. The summed E-state index contributed by atoms with van der Waals surface area (Å²) in [5.41, 5.74) is 0. The first-order valence-electron chi connectivity index (χ1n) is 3.63. The van der Waals surface area contributed by atoms with Gasteiger partial charge >= 0.3 is 21.7 Å². The number of ketones is 1. The first kappa shape index (κ1) is 20.9. The molecule has 1 saturated heterocycles. The van der Waals surface area contributed by atoms with E-state index in [9.17, 15) is 4.79 Å². The third-order valence-corrected chi connectivity index (χ3v) is 2.94. The zero-order valence-corrected chi connectivity index (χ0v) is 12.4. The molecular formula is C8H10Cl2O3SiTi. The van der Waals surface area contributed by atoms with Gasteiger partial charge in [0, 0.05) is 6.61 Å². The molecule has 15 heavy (non-hydrogen) atoms. The van der Waals surface area contributed by atoms with Crippen molar-refractivity contribution in [3.63, 3.8) is 0 Å². The summed E-state index contributed by atoms with van der Waals surface area (Å²) in [5.74, 6) is 0.0868. The molecular weight excluding hydrogens is 291 g/mol. The van der Waals surface area contributed by atoms with Crippen LogP contribution in [0.25, 0.3) is 0 Å². The number of carbonyl (C=O) groups is 1. The second-order valence-electron chi connectivity index (χ2n) is 2.45. The second-order valence-corrected chi connectivity index (χ2v) is 4.27. The van der Waals surface area contributed by atoms with Crippen molar-refractivity contribution in [2.45, 2.75) is 0 Å². The fourth-order valence-electron chi connectivity index (χ4n) is 0.816. The van der Waals surface area contributed by atoms with Crippen LogP contribution in [0.4, 0.5) is 0 Å². The Morgan fingerprint density at radius 3 is 2.27 bits per heavy atom. The van der Waals surface area contributed by atoms with Gasteiger partial charge in [0.25, 0.3) is 0 Å². The molecule has 0 aromatic carbocycles. The molecule has 0 aromatic rings. The van der Waals surface area contributed by atoms with Gasteiger partial charge in [0.15, 0.2) is 0 Å². The SMILES string of the molecule is O=C1[C-]=C2[SiH2]C2=C1.[CH2-]OCCO.[Cl-].[Cl-].[Ti+4]. The molecule has 0 unspecified atom stereocenters. The van der Waals surface area contributed by atoms with Crippen LogP contribution in [-0.2, 0) is 31.2 Å². The Labute approximate surface area is 119 Å². The Morgan fingerprint density at radius 2 is 2.13 bits per heavy atom.